The van der Waals surface area contributed by atoms with Gasteiger partial charge < -0.3 is 14.4 Å². The van der Waals surface area contributed by atoms with Crippen LogP contribution >= 0.6 is 43.6 Å². The van der Waals surface area contributed by atoms with E-state index in [9.17, 15) is 4.79 Å². The molecule has 0 aliphatic carbocycles. The van der Waals surface area contributed by atoms with Crippen LogP contribution in [0.15, 0.2) is 31.0 Å². The van der Waals surface area contributed by atoms with Gasteiger partial charge in [0, 0.05) is 13.1 Å². The van der Waals surface area contributed by atoms with Crippen LogP contribution in [0.4, 0.5) is 0 Å². The molecule has 8 heteroatoms. The van der Waals surface area contributed by atoms with Crippen LogP contribution in [0.3, 0.4) is 0 Å². The summed E-state index contributed by atoms with van der Waals surface area (Å²) in [5, 5.41) is 0.760. The molecule has 3 rings (SSSR count). The lowest BCUT2D eigenvalue weighted by Crippen LogP contribution is -2.38. The largest absolute Gasteiger partial charge is 0.494 e. The van der Waals surface area contributed by atoms with Crippen molar-refractivity contribution >= 4 is 60.8 Å². The van der Waals surface area contributed by atoms with Gasteiger partial charge in [0.15, 0.2) is 5.17 Å². The average molecular weight is 462 g/mol. The van der Waals surface area contributed by atoms with E-state index in [4.69, 9.17) is 9.47 Å². The van der Waals surface area contributed by atoms with Crippen LogP contribution < -0.4 is 4.74 Å². The van der Waals surface area contributed by atoms with Crippen molar-refractivity contribution in [3.63, 3.8) is 0 Å². The third-order valence-corrected chi connectivity index (χ3v) is 5.64. The monoisotopic (exact) mass is 460 g/mol. The van der Waals surface area contributed by atoms with Crippen LogP contribution in [0.1, 0.15) is 5.56 Å². The quantitative estimate of drug-likeness (QED) is 0.630. The summed E-state index contributed by atoms with van der Waals surface area (Å²) in [5.41, 5.74) is 0.902. The molecule has 1 amide bonds. The minimum atomic E-state index is -0.195. The summed E-state index contributed by atoms with van der Waals surface area (Å²) in [6, 6.07) is 3.83. The first kappa shape index (κ1) is 17.0. The number of rotatable bonds is 2. The van der Waals surface area contributed by atoms with E-state index in [2.05, 4.69) is 41.8 Å². The maximum Gasteiger partial charge on any atom is 0.286 e. The normalized spacial score (nSPS) is 20.1. The van der Waals surface area contributed by atoms with E-state index in [1.165, 1.54) is 11.8 Å². The third kappa shape index (κ3) is 3.81. The number of ether oxygens (including phenoxy) is 2. The zero-order valence-electron chi connectivity index (χ0n) is 12.3. The van der Waals surface area contributed by atoms with Crippen molar-refractivity contribution in [3.8, 4) is 5.75 Å². The molecule has 2 aliphatic heterocycles. The lowest BCUT2D eigenvalue weighted by Gasteiger charge is -2.27. The summed E-state index contributed by atoms with van der Waals surface area (Å²) < 4.78 is 12.3. The molecule has 1 saturated heterocycles. The highest BCUT2D eigenvalue weighted by Gasteiger charge is 2.27. The fraction of sp³-hybridized carbons (Fsp3) is 0.333. The van der Waals surface area contributed by atoms with E-state index in [0.717, 1.165) is 38.5 Å². The highest BCUT2D eigenvalue weighted by Crippen LogP contribution is 2.36. The van der Waals surface area contributed by atoms with Crippen LogP contribution in [0.5, 0.6) is 5.75 Å². The summed E-state index contributed by atoms with van der Waals surface area (Å²) in [6.07, 6.45) is 1.85. The van der Waals surface area contributed by atoms with Gasteiger partial charge in [-0.25, -0.2) is 0 Å². The van der Waals surface area contributed by atoms with E-state index in [1.54, 1.807) is 7.11 Å². The number of benzene rings is 1. The van der Waals surface area contributed by atoms with Gasteiger partial charge in [0.25, 0.3) is 5.91 Å². The minimum absolute atomic E-state index is 0.195. The van der Waals surface area contributed by atoms with Gasteiger partial charge in [-0.05, 0) is 67.4 Å². The van der Waals surface area contributed by atoms with Gasteiger partial charge >= 0.3 is 0 Å². The van der Waals surface area contributed by atoms with Gasteiger partial charge in [-0.15, -0.1) is 0 Å². The van der Waals surface area contributed by atoms with Crippen LogP contribution in [0.2, 0.25) is 0 Å². The molecule has 23 heavy (non-hydrogen) atoms. The van der Waals surface area contributed by atoms with Crippen molar-refractivity contribution in [1.29, 1.82) is 0 Å². The zero-order chi connectivity index (χ0) is 16.4. The van der Waals surface area contributed by atoms with E-state index < -0.39 is 0 Å². The van der Waals surface area contributed by atoms with Gasteiger partial charge in [0.05, 0.1) is 34.2 Å². The Morgan fingerprint density at radius 1 is 1.30 bits per heavy atom. The molecule has 0 N–H and O–H groups in total. The van der Waals surface area contributed by atoms with E-state index in [1.807, 2.05) is 18.2 Å². The second-order valence-electron chi connectivity index (χ2n) is 4.93. The zero-order valence-corrected chi connectivity index (χ0v) is 16.3. The van der Waals surface area contributed by atoms with Crippen LogP contribution in [0.25, 0.3) is 6.08 Å². The number of nitrogens with zero attached hydrogens (tertiary/aromatic N) is 2. The van der Waals surface area contributed by atoms with Crippen molar-refractivity contribution < 1.29 is 14.3 Å². The lowest BCUT2D eigenvalue weighted by atomic mass is 10.2. The summed E-state index contributed by atoms with van der Waals surface area (Å²) >= 11 is 8.35. The van der Waals surface area contributed by atoms with Gasteiger partial charge in [-0.1, -0.05) is 0 Å². The van der Waals surface area contributed by atoms with Crippen molar-refractivity contribution in [1.82, 2.24) is 4.90 Å². The molecule has 1 fully saturated rings. The standard InChI is InChI=1S/C15H14Br2N2O3S/c1-21-13-10(16)6-9(7-11(13)17)8-12-14(20)18-15(23-12)19-2-4-22-5-3-19/h6-8H,2-5H2,1H3/b12-8+. The van der Waals surface area contributed by atoms with Crippen LogP contribution in [-0.4, -0.2) is 49.4 Å². The number of methoxy groups -OCH3 is 1. The van der Waals surface area contributed by atoms with Crippen molar-refractivity contribution in [3.05, 3.63) is 31.5 Å². The minimum Gasteiger partial charge on any atom is -0.494 e. The molecule has 0 spiro atoms. The summed E-state index contributed by atoms with van der Waals surface area (Å²) in [5.74, 6) is 0.530. The number of amides is 1. The predicted octanol–water partition coefficient (Wildman–Crippen LogP) is 3.52. The number of carbonyl (C=O) groups excluding carboxylic acids is 1. The number of hydrogen-bond acceptors (Lipinski definition) is 5. The van der Waals surface area contributed by atoms with Crippen molar-refractivity contribution in [2.45, 2.75) is 0 Å². The molecule has 0 atom stereocenters. The summed E-state index contributed by atoms with van der Waals surface area (Å²) in [6.45, 7) is 2.88. The molecule has 2 heterocycles. The van der Waals surface area contributed by atoms with Crippen LogP contribution in [-0.2, 0) is 9.53 Å². The summed E-state index contributed by atoms with van der Waals surface area (Å²) in [7, 11) is 1.61. The molecule has 0 saturated carbocycles. The highest BCUT2D eigenvalue weighted by molar-refractivity contribution is 9.11. The first-order valence-corrected chi connectivity index (χ1v) is 9.37. The maximum absolute atomic E-state index is 12.1. The molecule has 0 aromatic heterocycles. The van der Waals surface area contributed by atoms with Gasteiger partial charge in [-0.2, -0.15) is 4.99 Å². The molecular formula is C15H14Br2N2O3S. The number of hydrogen-bond donors (Lipinski definition) is 0. The van der Waals surface area contributed by atoms with E-state index >= 15 is 0 Å². The average Bonchev–Trinajstić information content (AvgIpc) is 2.89. The Bertz CT molecular complexity index is 677. The highest BCUT2D eigenvalue weighted by atomic mass is 79.9. The topological polar surface area (TPSA) is 51.1 Å². The number of carbonyl (C=O) groups is 1. The van der Waals surface area contributed by atoms with Crippen LogP contribution in [0, 0.1) is 0 Å². The SMILES string of the molecule is COc1c(Br)cc(/C=C2/SC(N3CCOCC3)=NC2=O)cc1Br. The maximum atomic E-state index is 12.1. The molecule has 1 aromatic carbocycles. The smallest absolute Gasteiger partial charge is 0.286 e. The molecule has 122 valence electrons. The number of amidine groups is 1. The Morgan fingerprint density at radius 3 is 2.57 bits per heavy atom. The molecule has 5 nitrogen and oxygen atoms in total. The number of morpholine rings is 1. The Kier molecular flexibility index (Phi) is 5.45. The van der Waals surface area contributed by atoms with Gasteiger partial charge in [0.2, 0.25) is 0 Å². The summed E-state index contributed by atoms with van der Waals surface area (Å²) in [4.78, 5) is 19.0. The Morgan fingerprint density at radius 2 is 1.96 bits per heavy atom. The van der Waals surface area contributed by atoms with E-state index in [-0.39, 0.29) is 5.91 Å². The first-order valence-electron chi connectivity index (χ1n) is 6.97. The Hall–Kier alpha value is -0.830. The predicted molar refractivity (Wildman–Crippen MR) is 98.8 cm³/mol. The fourth-order valence-electron chi connectivity index (χ4n) is 2.30. The van der Waals surface area contributed by atoms with E-state index in [0.29, 0.717) is 18.1 Å². The molecular weight excluding hydrogens is 448 g/mol. The van der Waals surface area contributed by atoms with Gasteiger partial charge in [0.1, 0.15) is 5.75 Å². The molecule has 0 bridgehead atoms. The third-order valence-electron chi connectivity index (χ3n) is 3.41. The second-order valence-corrected chi connectivity index (χ2v) is 7.65. The first-order chi connectivity index (χ1) is 11.1. The fourth-order valence-corrected chi connectivity index (χ4v) is 4.81. The lowest BCUT2D eigenvalue weighted by molar-refractivity contribution is -0.113. The van der Waals surface area contributed by atoms with Crippen molar-refractivity contribution in [2.75, 3.05) is 33.4 Å². The Labute approximate surface area is 155 Å². The number of aliphatic imine (C=N–C) groups is 1. The van der Waals surface area contributed by atoms with Crippen molar-refractivity contribution in [2.24, 2.45) is 4.99 Å². The molecule has 2 aliphatic rings. The second kappa shape index (κ2) is 7.38. The van der Waals surface area contributed by atoms with Gasteiger partial charge in [-0.3, -0.25) is 4.79 Å². The number of thioether (sulfide) groups is 1. The Balaban J connectivity index is 1.80. The number of halogens is 2. The molecule has 1 aromatic rings. The molecule has 0 radical (unpaired) electrons. The molecule has 0 unspecified atom stereocenters.